The van der Waals surface area contributed by atoms with Crippen LogP contribution in [0.5, 0.6) is 0 Å². The van der Waals surface area contributed by atoms with Crippen LogP contribution in [0.3, 0.4) is 0 Å². The molecule has 100 valence electrons. The van der Waals surface area contributed by atoms with Crippen molar-refractivity contribution >= 4 is 5.97 Å². The Kier molecular flexibility index (Phi) is 8.83. The Morgan fingerprint density at radius 1 is 1.24 bits per heavy atom. The van der Waals surface area contributed by atoms with Crippen molar-refractivity contribution in [2.75, 3.05) is 6.61 Å². The lowest BCUT2D eigenvalue weighted by atomic mass is 10.0. The van der Waals surface area contributed by atoms with E-state index >= 15 is 0 Å². The molecule has 0 radical (unpaired) electrons. The van der Waals surface area contributed by atoms with Crippen molar-refractivity contribution in [3.05, 3.63) is 11.6 Å². The van der Waals surface area contributed by atoms with Crippen molar-refractivity contribution in [3.63, 3.8) is 0 Å². The molecule has 0 aromatic rings. The van der Waals surface area contributed by atoms with Gasteiger partial charge in [-0.05, 0) is 45.4 Å². The summed E-state index contributed by atoms with van der Waals surface area (Å²) in [6.45, 7) is 11.0. The van der Waals surface area contributed by atoms with Gasteiger partial charge in [-0.15, -0.1) is 0 Å². The van der Waals surface area contributed by atoms with E-state index in [1.807, 2.05) is 13.8 Å². The van der Waals surface area contributed by atoms with E-state index in [9.17, 15) is 4.79 Å². The highest BCUT2D eigenvalue weighted by molar-refractivity contribution is 5.71. The smallest absolute Gasteiger partial charge is 0.308 e. The molecular weight excluding hydrogens is 212 g/mol. The summed E-state index contributed by atoms with van der Waals surface area (Å²) in [6, 6.07) is 0. The monoisotopic (exact) mass is 240 g/mol. The van der Waals surface area contributed by atoms with Crippen LogP contribution in [0.1, 0.15) is 60.3 Å². The lowest BCUT2D eigenvalue weighted by Crippen LogP contribution is -2.15. The Balaban J connectivity index is 3.61. The fourth-order valence-corrected chi connectivity index (χ4v) is 1.47. The maximum Gasteiger partial charge on any atom is 0.308 e. The maximum absolute atomic E-state index is 11.4. The highest BCUT2D eigenvalue weighted by Crippen LogP contribution is 2.12. The first-order valence-electron chi connectivity index (χ1n) is 6.77. The molecule has 0 saturated heterocycles. The second kappa shape index (κ2) is 9.26. The molecule has 0 spiro atoms. The molecule has 0 N–H and O–H groups in total. The van der Waals surface area contributed by atoms with E-state index in [4.69, 9.17) is 4.74 Å². The fraction of sp³-hybridized carbons (Fsp3) is 0.800. The van der Waals surface area contributed by atoms with Gasteiger partial charge in [0.05, 0.1) is 12.5 Å². The van der Waals surface area contributed by atoms with Gasteiger partial charge in [-0.2, -0.15) is 0 Å². The summed E-state index contributed by atoms with van der Waals surface area (Å²) in [5.41, 5.74) is 1.38. The van der Waals surface area contributed by atoms with Gasteiger partial charge in [0, 0.05) is 0 Å². The van der Waals surface area contributed by atoms with Gasteiger partial charge in [0.2, 0.25) is 0 Å². The predicted molar refractivity (Wildman–Crippen MR) is 72.9 cm³/mol. The second-order valence-corrected chi connectivity index (χ2v) is 5.23. The van der Waals surface area contributed by atoms with Gasteiger partial charge in [-0.1, -0.05) is 32.4 Å². The highest BCUT2D eigenvalue weighted by atomic mass is 16.5. The van der Waals surface area contributed by atoms with E-state index in [-0.39, 0.29) is 11.9 Å². The van der Waals surface area contributed by atoms with E-state index in [0.717, 1.165) is 19.3 Å². The number of allylic oxidation sites excluding steroid dienone is 2. The van der Waals surface area contributed by atoms with Gasteiger partial charge in [-0.3, -0.25) is 4.79 Å². The number of esters is 1. The van der Waals surface area contributed by atoms with Crippen LogP contribution < -0.4 is 0 Å². The zero-order valence-electron chi connectivity index (χ0n) is 12.1. The molecule has 0 aliphatic carbocycles. The van der Waals surface area contributed by atoms with Gasteiger partial charge < -0.3 is 4.74 Å². The average Bonchev–Trinajstić information content (AvgIpc) is 2.27. The van der Waals surface area contributed by atoms with Crippen LogP contribution >= 0.6 is 0 Å². The molecule has 0 aromatic heterocycles. The first-order valence-corrected chi connectivity index (χ1v) is 6.77. The summed E-state index contributed by atoms with van der Waals surface area (Å²) < 4.78 is 5.24. The summed E-state index contributed by atoms with van der Waals surface area (Å²) >= 11 is 0. The summed E-state index contributed by atoms with van der Waals surface area (Å²) in [5.74, 6) is 0.607. The Hall–Kier alpha value is -0.790. The summed E-state index contributed by atoms with van der Waals surface area (Å²) in [7, 11) is 0. The van der Waals surface area contributed by atoms with E-state index < -0.39 is 0 Å². The lowest BCUT2D eigenvalue weighted by molar-refractivity contribution is -0.148. The molecule has 0 unspecified atom stereocenters. The standard InChI is InChI=1S/C15H28O2/c1-6-14(5)15(16)17-11-10-13(4)9-7-8-12(2)3/h8,13-14H,6-7,9-11H2,1-5H3/t13-,14+/m0/s1. The van der Waals surface area contributed by atoms with E-state index in [0.29, 0.717) is 12.5 Å². The molecule has 0 saturated carbocycles. The minimum Gasteiger partial charge on any atom is -0.465 e. The van der Waals surface area contributed by atoms with E-state index in [1.165, 1.54) is 12.0 Å². The molecule has 0 fully saturated rings. The van der Waals surface area contributed by atoms with Gasteiger partial charge >= 0.3 is 5.97 Å². The second-order valence-electron chi connectivity index (χ2n) is 5.23. The Bertz CT molecular complexity index is 239. The third-order valence-corrected chi connectivity index (χ3v) is 3.08. The van der Waals surface area contributed by atoms with Crippen LogP contribution in [0.25, 0.3) is 0 Å². The van der Waals surface area contributed by atoms with Crippen molar-refractivity contribution in [3.8, 4) is 0 Å². The molecule has 0 aliphatic heterocycles. The third-order valence-electron chi connectivity index (χ3n) is 3.08. The molecule has 0 aromatic carbocycles. The topological polar surface area (TPSA) is 26.3 Å². The van der Waals surface area contributed by atoms with Crippen molar-refractivity contribution in [1.29, 1.82) is 0 Å². The van der Waals surface area contributed by atoms with Crippen molar-refractivity contribution < 1.29 is 9.53 Å². The number of carbonyl (C=O) groups is 1. The fourth-order valence-electron chi connectivity index (χ4n) is 1.47. The van der Waals surface area contributed by atoms with Gasteiger partial charge in [-0.25, -0.2) is 0 Å². The number of rotatable bonds is 8. The first-order chi connectivity index (χ1) is 7.97. The molecule has 2 heteroatoms. The molecular formula is C15H28O2. The lowest BCUT2D eigenvalue weighted by Gasteiger charge is -2.12. The van der Waals surface area contributed by atoms with Crippen LogP contribution in [0, 0.1) is 11.8 Å². The zero-order valence-corrected chi connectivity index (χ0v) is 12.1. The SMILES string of the molecule is CC[C@@H](C)C(=O)OCC[C@@H](C)CCC=C(C)C. The number of ether oxygens (including phenoxy) is 1. The Morgan fingerprint density at radius 3 is 2.41 bits per heavy atom. The minimum absolute atomic E-state index is 0.0379. The quantitative estimate of drug-likeness (QED) is 0.466. The Morgan fingerprint density at radius 2 is 1.88 bits per heavy atom. The molecule has 0 rings (SSSR count). The van der Waals surface area contributed by atoms with Crippen LogP contribution in [0.15, 0.2) is 11.6 Å². The van der Waals surface area contributed by atoms with Crippen LogP contribution in [-0.2, 0) is 9.53 Å². The average molecular weight is 240 g/mol. The number of hydrogen-bond acceptors (Lipinski definition) is 2. The maximum atomic E-state index is 11.4. The van der Waals surface area contributed by atoms with Gasteiger partial charge in [0.1, 0.15) is 0 Å². The van der Waals surface area contributed by atoms with Crippen molar-refractivity contribution in [2.45, 2.75) is 60.3 Å². The molecule has 2 atom stereocenters. The molecule has 0 heterocycles. The first kappa shape index (κ1) is 16.2. The van der Waals surface area contributed by atoms with E-state index in [1.54, 1.807) is 0 Å². The molecule has 0 aliphatic rings. The molecule has 0 bridgehead atoms. The molecule has 17 heavy (non-hydrogen) atoms. The summed E-state index contributed by atoms with van der Waals surface area (Å²) in [6.07, 6.45) is 6.39. The number of hydrogen-bond donors (Lipinski definition) is 0. The normalized spacial score (nSPS) is 13.9. The predicted octanol–water partition coefficient (Wildman–Crippen LogP) is 4.35. The van der Waals surface area contributed by atoms with Crippen LogP contribution in [0.4, 0.5) is 0 Å². The number of carbonyl (C=O) groups excluding carboxylic acids is 1. The van der Waals surface area contributed by atoms with Crippen molar-refractivity contribution in [1.82, 2.24) is 0 Å². The van der Waals surface area contributed by atoms with Gasteiger partial charge in [0.15, 0.2) is 0 Å². The largest absolute Gasteiger partial charge is 0.465 e. The van der Waals surface area contributed by atoms with E-state index in [2.05, 4.69) is 26.8 Å². The van der Waals surface area contributed by atoms with Gasteiger partial charge in [0.25, 0.3) is 0 Å². The zero-order chi connectivity index (χ0) is 13.3. The van der Waals surface area contributed by atoms with Crippen molar-refractivity contribution in [2.24, 2.45) is 11.8 Å². The summed E-state index contributed by atoms with van der Waals surface area (Å²) in [4.78, 5) is 11.4. The van der Waals surface area contributed by atoms with Crippen LogP contribution in [-0.4, -0.2) is 12.6 Å². The Labute approximate surface area is 106 Å². The summed E-state index contributed by atoms with van der Waals surface area (Å²) in [5, 5.41) is 0. The van der Waals surface area contributed by atoms with Crippen LogP contribution in [0.2, 0.25) is 0 Å². The molecule has 2 nitrogen and oxygen atoms in total. The third kappa shape index (κ3) is 8.96. The minimum atomic E-state index is -0.0519. The molecule has 0 amide bonds. The highest BCUT2D eigenvalue weighted by Gasteiger charge is 2.12.